The molecule has 0 aliphatic rings. The zero-order valence-electron chi connectivity index (χ0n) is 13.7. The number of amides is 1. The Balaban J connectivity index is 2.01. The highest BCUT2D eigenvalue weighted by atomic mass is 32.2. The van der Waals surface area contributed by atoms with E-state index < -0.39 is 10.0 Å². The summed E-state index contributed by atoms with van der Waals surface area (Å²) in [4.78, 5) is 12.4. The van der Waals surface area contributed by atoms with E-state index in [-0.39, 0.29) is 16.1 Å². The molecule has 1 amide bonds. The standard InChI is InChI=1S/C16H20N2O4S2/c1-12(23-11-14-7-5-9-22-14)16(19)17-13-6-4-8-15(10-13)24(20,21)18(2)3/h4-10,12H,11H2,1-3H3,(H,17,19)/t12-/m0/s1. The summed E-state index contributed by atoms with van der Waals surface area (Å²) < 4.78 is 30.6. The Labute approximate surface area is 146 Å². The average Bonchev–Trinajstić information content (AvgIpc) is 3.06. The van der Waals surface area contributed by atoms with Gasteiger partial charge in [-0.2, -0.15) is 0 Å². The van der Waals surface area contributed by atoms with Crippen molar-refractivity contribution in [2.45, 2.75) is 22.8 Å². The summed E-state index contributed by atoms with van der Waals surface area (Å²) in [6, 6.07) is 9.88. The van der Waals surface area contributed by atoms with Crippen LogP contribution in [0, 0.1) is 0 Å². The van der Waals surface area contributed by atoms with Crippen LogP contribution in [0.2, 0.25) is 0 Å². The Morgan fingerprint density at radius 2 is 2.04 bits per heavy atom. The van der Waals surface area contributed by atoms with Crippen molar-refractivity contribution in [3.8, 4) is 0 Å². The van der Waals surface area contributed by atoms with Crippen molar-refractivity contribution in [3.05, 3.63) is 48.4 Å². The maximum absolute atomic E-state index is 12.2. The van der Waals surface area contributed by atoms with E-state index >= 15 is 0 Å². The zero-order valence-corrected chi connectivity index (χ0v) is 15.4. The summed E-state index contributed by atoms with van der Waals surface area (Å²) in [5, 5.41) is 2.45. The molecule has 130 valence electrons. The van der Waals surface area contributed by atoms with Crippen molar-refractivity contribution in [1.29, 1.82) is 0 Å². The van der Waals surface area contributed by atoms with Gasteiger partial charge in [0.25, 0.3) is 0 Å². The van der Waals surface area contributed by atoms with Crippen LogP contribution in [-0.2, 0) is 20.6 Å². The summed E-state index contributed by atoms with van der Waals surface area (Å²) >= 11 is 1.44. The third kappa shape index (κ3) is 4.62. The second-order valence-corrected chi connectivity index (χ2v) is 8.82. The van der Waals surface area contributed by atoms with E-state index in [1.165, 1.54) is 38.0 Å². The maximum atomic E-state index is 12.2. The fourth-order valence-electron chi connectivity index (χ4n) is 1.87. The maximum Gasteiger partial charge on any atom is 0.242 e. The zero-order chi connectivity index (χ0) is 17.7. The number of nitrogens with one attached hydrogen (secondary N) is 1. The first kappa shape index (κ1) is 18.6. The Kier molecular flexibility index (Phi) is 6.09. The molecule has 6 nitrogen and oxygen atoms in total. The van der Waals surface area contributed by atoms with Crippen molar-refractivity contribution in [2.75, 3.05) is 19.4 Å². The molecule has 1 heterocycles. The molecule has 24 heavy (non-hydrogen) atoms. The summed E-state index contributed by atoms with van der Waals surface area (Å²) in [6.45, 7) is 1.79. The minimum absolute atomic E-state index is 0.140. The molecule has 0 bridgehead atoms. The van der Waals surface area contributed by atoms with Crippen LogP contribution in [0.25, 0.3) is 0 Å². The summed E-state index contributed by atoms with van der Waals surface area (Å²) in [7, 11) is -0.598. The van der Waals surface area contributed by atoms with Gasteiger partial charge in [-0.3, -0.25) is 4.79 Å². The number of sulfonamides is 1. The van der Waals surface area contributed by atoms with E-state index in [2.05, 4.69) is 5.32 Å². The van der Waals surface area contributed by atoms with E-state index in [0.29, 0.717) is 11.4 Å². The minimum Gasteiger partial charge on any atom is -0.468 e. The first-order valence-corrected chi connectivity index (χ1v) is 9.77. The second-order valence-electron chi connectivity index (χ2n) is 5.34. The van der Waals surface area contributed by atoms with Gasteiger partial charge in [-0.25, -0.2) is 12.7 Å². The van der Waals surface area contributed by atoms with E-state index in [9.17, 15) is 13.2 Å². The number of carbonyl (C=O) groups excluding carboxylic acids is 1. The number of furan rings is 1. The number of thioether (sulfide) groups is 1. The van der Waals surface area contributed by atoms with Crippen molar-refractivity contribution in [2.24, 2.45) is 0 Å². The molecule has 0 saturated heterocycles. The van der Waals surface area contributed by atoms with Crippen LogP contribution in [0.1, 0.15) is 12.7 Å². The van der Waals surface area contributed by atoms with Crippen LogP contribution < -0.4 is 5.32 Å². The van der Waals surface area contributed by atoms with Crippen molar-refractivity contribution < 1.29 is 17.6 Å². The third-order valence-electron chi connectivity index (χ3n) is 3.31. The Bertz CT molecular complexity index is 786. The molecule has 2 aromatic rings. The number of hydrogen-bond acceptors (Lipinski definition) is 5. The molecule has 2 rings (SSSR count). The second kappa shape index (κ2) is 7.87. The molecule has 0 aliphatic heterocycles. The highest BCUT2D eigenvalue weighted by Crippen LogP contribution is 2.21. The van der Waals surface area contributed by atoms with Gasteiger partial charge in [0.05, 0.1) is 22.2 Å². The van der Waals surface area contributed by atoms with Gasteiger partial charge in [-0.05, 0) is 37.3 Å². The predicted molar refractivity (Wildman–Crippen MR) is 95.4 cm³/mol. The van der Waals surface area contributed by atoms with Gasteiger partial charge in [-0.1, -0.05) is 6.07 Å². The Morgan fingerprint density at radius 3 is 2.67 bits per heavy atom. The van der Waals surface area contributed by atoms with Gasteiger partial charge in [0.1, 0.15) is 5.76 Å². The van der Waals surface area contributed by atoms with Gasteiger partial charge in [-0.15, -0.1) is 11.8 Å². The van der Waals surface area contributed by atoms with Crippen LogP contribution in [-0.4, -0.2) is 38.0 Å². The van der Waals surface area contributed by atoms with Crippen molar-refractivity contribution in [1.82, 2.24) is 4.31 Å². The number of anilines is 1. The van der Waals surface area contributed by atoms with E-state index in [1.54, 1.807) is 31.4 Å². The first-order chi connectivity index (χ1) is 11.3. The van der Waals surface area contributed by atoms with Crippen LogP contribution in [0.3, 0.4) is 0 Å². The number of benzene rings is 1. The van der Waals surface area contributed by atoms with Gasteiger partial charge in [0.2, 0.25) is 15.9 Å². The van der Waals surface area contributed by atoms with Crippen LogP contribution in [0.5, 0.6) is 0 Å². The Hall–Kier alpha value is -1.77. The normalized spacial score (nSPS) is 13.0. The largest absolute Gasteiger partial charge is 0.468 e. The highest BCUT2D eigenvalue weighted by molar-refractivity contribution is 7.99. The molecule has 0 spiro atoms. The van der Waals surface area contributed by atoms with Crippen LogP contribution in [0.15, 0.2) is 52.0 Å². The molecule has 0 unspecified atom stereocenters. The molecule has 0 saturated carbocycles. The van der Waals surface area contributed by atoms with Gasteiger partial charge < -0.3 is 9.73 Å². The summed E-state index contributed by atoms with van der Waals surface area (Å²) in [6.07, 6.45) is 1.59. The molecule has 1 N–H and O–H groups in total. The molecular formula is C16H20N2O4S2. The number of rotatable bonds is 7. The van der Waals surface area contributed by atoms with Crippen molar-refractivity contribution in [3.63, 3.8) is 0 Å². The quantitative estimate of drug-likeness (QED) is 0.813. The van der Waals surface area contributed by atoms with Crippen LogP contribution >= 0.6 is 11.8 Å². The predicted octanol–water partition coefficient (Wildman–Crippen LogP) is 2.79. The first-order valence-electron chi connectivity index (χ1n) is 7.28. The van der Waals surface area contributed by atoms with E-state index in [1.807, 2.05) is 6.07 Å². The topological polar surface area (TPSA) is 79.6 Å². The molecular weight excluding hydrogens is 348 g/mol. The molecule has 8 heteroatoms. The fourth-order valence-corrected chi connectivity index (χ4v) is 3.60. The number of hydrogen-bond donors (Lipinski definition) is 1. The van der Waals surface area contributed by atoms with E-state index in [4.69, 9.17) is 4.42 Å². The molecule has 1 aromatic carbocycles. The van der Waals surface area contributed by atoms with Gasteiger partial charge in [0.15, 0.2) is 0 Å². The molecule has 0 radical (unpaired) electrons. The third-order valence-corrected chi connectivity index (χ3v) is 6.28. The number of carbonyl (C=O) groups is 1. The molecule has 0 aliphatic carbocycles. The lowest BCUT2D eigenvalue weighted by Crippen LogP contribution is -2.24. The average molecular weight is 368 g/mol. The smallest absolute Gasteiger partial charge is 0.242 e. The lowest BCUT2D eigenvalue weighted by atomic mass is 10.3. The molecule has 0 fully saturated rings. The SMILES string of the molecule is C[C@H](SCc1ccco1)C(=O)Nc1cccc(S(=O)(=O)N(C)C)c1. The van der Waals surface area contributed by atoms with Gasteiger partial charge in [0, 0.05) is 19.8 Å². The Morgan fingerprint density at radius 1 is 1.29 bits per heavy atom. The summed E-state index contributed by atoms with van der Waals surface area (Å²) in [5.74, 6) is 1.21. The van der Waals surface area contributed by atoms with Gasteiger partial charge >= 0.3 is 0 Å². The molecule has 1 aromatic heterocycles. The lowest BCUT2D eigenvalue weighted by molar-refractivity contribution is -0.115. The molecule has 1 atom stereocenters. The minimum atomic E-state index is -3.53. The van der Waals surface area contributed by atoms with E-state index in [0.717, 1.165) is 10.1 Å². The summed E-state index contributed by atoms with van der Waals surface area (Å²) in [5.41, 5.74) is 0.452. The number of nitrogens with zero attached hydrogens (tertiary/aromatic N) is 1. The fraction of sp³-hybridized carbons (Fsp3) is 0.312. The monoisotopic (exact) mass is 368 g/mol. The highest BCUT2D eigenvalue weighted by Gasteiger charge is 2.19. The van der Waals surface area contributed by atoms with Crippen LogP contribution in [0.4, 0.5) is 5.69 Å². The van der Waals surface area contributed by atoms with Crippen molar-refractivity contribution >= 4 is 33.4 Å². The lowest BCUT2D eigenvalue weighted by Gasteiger charge is -2.14.